The van der Waals surface area contributed by atoms with Crippen molar-refractivity contribution < 1.29 is 19.0 Å². The number of hydrogen-bond donors (Lipinski definition) is 1. The molecule has 1 aliphatic rings. The molecule has 5 nitrogen and oxygen atoms in total. The highest BCUT2D eigenvalue weighted by Crippen LogP contribution is 2.37. The number of aryl methyl sites for hydroxylation is 1. The molecule has 0 spiro atoms. The summed E-state index contributed by atoms with van der Waals surface area (Å²) in [4.78, 5) is 13.4. The monoisotopic (exact) mass is 397 g/mol. The lowest BCUT2D eigenvalue weighted by molar-refractivity contribution is -0.125. The van der Waals surface area contributed by atoms with E-state index in [9.17, 15) is 4.79 Å². The van der Waals surface area contributed by atoms with Gasteiger partial charge in [0, 0.05) is 18.9 Å². The van der Waals surface area contributed by atoms with Crippen molar-refractivity contribution in [1.29, 1.82) is 0 Å². The molecule has 0 unspecified atom stereocenters. The maximum absolute atomic E-state index is 13.4. The van der Waals surface area contributed by atoms with Crippen LogP contribution < -0.4 is 14.8 Å². The molecule has 0 radical (unpaired) electrons. The molecule has 0 bridgehead atoms. The quantitative estimate of drug-likeness (QED) is 0.724. The SMILES string of the molecule is CC[C@H](C)Oc1ccc(NC(=O)C2(c3ccc(OC)cc3)CCOCC2)cc1C. The number of amides is 1. The van der Waals surface area contributed by atoms with Crippen LogP contribution in [0, 0.1) is 6.92 Å². The first-order valence-electron chi connectivity index (χ1n) is 10.3. The molecule has 2 aromatic rings. The van der Waals surface area contributed by atoms with E-state index in [-0.39, 0.29) is 12.0 Å². The maximum Gasteiger partial charge on any atom is 0.235 e. The van der Waals surface area contributed by atoms with Crippen LogP contribution in [0.1, 0.15) is 44.2 Å². The molecular weight excluding hydrogens is 366 g/mol. The highest BCUT2D eigenvalue weighted by atomic mass is 16.5. The lowest BCUT2D eigenvalue weighted by Crippen LogP contribution is -2.44. The van der Waals surface area contributed by atoms with Crippen molar-refractivity contribution in [3.63, 3.8) is 0 Å². The Labute approximate surface area is 173 Å². The number of rotatable bonds is 7. The van der Waals surface area contributed by atoms with Crippen molar-refractivity contribution in [2.45, 2.75) is 51.6 Å². The molecule has 0 aliphatic carbocycles. The molecule has 1 heterocycles. The van der Waals surface area contributed by atoms with Gasteiger partial charge in [-0.25, -0.2) is 0 Å². The Hall–Kier alpha value is -2.53. The molecule has 29 heavy (non-hydrogen) atoms. The highest BCUT2D eigenvalue weighted by molar-refractivity contribution is 5.99. The number of ether oxygens (including phenoxy) is 3. The summed E-state index contributed by atoms with van der Waals surface area (Å²) in [6.45, 7) is 7.29. The Kier molecular flexibility index (Phi) is 6.80. The van der Waals surface area contributed by atoms with Crippen molar-refractivity contribution in [2.75, 3.05) is 25.6 Å². The third kappa shape index (κ3) is 4.73. The predicted octanol–water partition coefficient (Wildman–Crippen LogP) is 4.87. The van der Waals surface area contributed by atoms with Crippen LogP contribution in [-0.4, -0.2) is 32.3 Å². The van der Waals surface area contributed by atoms with E-state index in [1.165, 1.54) is 0 Å². The molecule has 1 atom stereocenters. The Bertz CT molecular complexity index is 825. The van der Waals surface area contributed by atoms with Crippen molar-refractivity contribution in [3.8, 4) is 11.5 Å². The van der Waals surface area contributed by atoms with Gasteiger partial charge in [0.2, 0.25) is 5.91 Å². The fraction of sp³-hybridized carbons (Fsp3) is 0.458. The summed E-state index contributed by atoms with van der Waals surface area (Å²) in [6.07, 6.45) is 2.41. The summed E-state index contributed by atoms with van der Waals surface area (Å²) >= 11 is 0. The van der Waals surface area contributed by atoms with E-state index in [1.807, 2.05) is 49.4 Å². The average molecular weight is 398 g/mol. The molecule has 1 saturated heterocycles. The highest BCUT2D eigenvalue weighted by Gasteiger charge is 2.41. The fourth-order valence-corrected chi connectivity index (χ4v) is 3.69. The topological polar surface area (TPSA) is 56.8 Å². The Morgan fingerprint density at radius 2 is 1.86 bits per heavy atom. The summed E-state index contributed by atoms with van der Waals surface area (Å²) in [5.74, 6) is 1.64. The van der Waals surface area contributed by atoms with Gasteiger partial charge in [0.15, 0.2) is 0 Å². The van der Waals surface area contributed by atoms with Crippen molar-refractivity contribution >= 4 is 11.6 Å². The van der Waals surface area contributed by atoms with Crippen molar-refractivity contribution in [2.24, 2.45) is 0 Å². The molecule has 1 amide bonds. The van der Waals surface area contributed by atoms with Crippen molar-refractivity contribution in [3.05, 3.63) is 53.6 Å². The summed E-state index contributed by atoms with van der Waals surface area (Å²) in [5.41, 5.74) is 2.18. The summed E-state index contributed by atoms with van der Waals surface area (Å²) in [7, 11) is 1.64. The van der Waals surface area contributed by atoms with Crippen LogP contribution >= 0.6 is 0 Å². The molecule has 156 valence electrons. The Balaban J connectivity index is 1.82. The summed E-state index contributed by atoms with van der Waals surface area (Å²) in [6, 6.07) is 13.6. The number of carbonyl (C=O) groups is 1. The first-order chi connectivity index (χ1) is 14.0. The number of methoxy groups -OCH3 is 1. The number of benzene rings is 2. The van der Waals surface area contributed by atoms with Crippen LogP contribution in [-0.2, 0) is 14.9 Å². The van der Waals surface area contributed by atoms with Gasteiger partial charge in [-0.1, -0.05) is 19.1 Å². The minimum atomic E-state index is -0.607. The van der Waals surface area contributed by atoms with E-state index in [1.54, 1.807) is 7.11 Å². The second-order valence-corrected chi connectivity index (χ2v) is 7.69. The molecule has 2 aromatic carbocycles. The van der Waals surface area contributed by atoms with Crippen LogP contribution in [0.2, 0.25) is 0 Å². The first-order valence-corrected chi connectivity index (χ1v) is 10.3. The molecule has 5 heteroatoms. The molecule has 3 rings (SSSR count). The lowest BCUT2D eigenvalue weighted by atomic mass is 9.73. The van der Waals surface area contributed by atoms with Gasteiger partial charge < -0.3 is 19.5 Å². The average Bonchev–Trinajstić information content (AvgIpc) is 2.76. The van der Waals surface area contributed by atoms with Gasteiger partial charge >= 0.3 is 0 Å². The van der Waals surface area contributed by atoms with Crippen LogP contribution in [0.25, 0.3) is 0 Å². The van der Waals surface area contributed by atoms with Gasteiger partial charge in [0.1, 0.15) is 11.5 Å². The molecule has 0 aromatic heterocycles. The van der Waals surface area contributed by atoms with Crippen LogP contribution in [0.5, 0.6) is 11.5 Å². The Morgan fingerprint density at radius 1 is 1.17 bits per heavy atom. The number of carbonyl (C=O) groups excluding carboxylic acids is 1. The van der Waals surface area contributed by atoms with Crippen LogP contribution in [0.4, 0.5) is 5.69 Å². The van der Waals surface area contributed by atoms with Gasteiger partial charge in [-0.3, -0.25) is 4.79 Å². The summed E-state index contributed by atoms with van der Waals surface area (Å²) < 4.78 is 16.8. The predicted molar refractivity (Wildman–Crippen MR) is 115 cm³/mol. The third-order valence-electron chi connectivity index (χ3n) is 5.76. The lowest BCUT2D eigenvalue weighted by Gasteiger charge is -2.36. The van der Waals surface area contributed by atoms with E-state index in [0.29, 0.717) is 26.1 Å². The largest absolute Gasteiger partial charge is 0.497 e. The van der Waals surface area contributed by atoms with Gasteiger partial charge in [0.25, 0.3) is 0 Å². The second kappa shape index (κ2) is 9.31. The van der Waals surface area contributed by atoms with E-state index in [2.05, 4.69) is 19.2 Å². The van der Waals surface area contributed by atoms with E-state index >= 15 is 0 Å². The zero-order chi connectivity index (χ0) is 20.9. The standard InChI is InChI=1S/C24H31NO4/c1-5-18(3)29-22-11-8-20(16-17(22)2)25-23(26)24(12-14-28-15-13-24)19-6-9-21(27-4)10-7-19/h6-11,16,18H,5,12-15H2,1-4H3,(H,25,26)/t18-/m0/s1. The molecule has 0 saturated carbocycles. The number of hydrogen-bond acceptors (Lipinski definition) is 4. The second-order valence-electron chi connectivity index (χ2n) is 7.69. The number of nitrogens with one attached hydrogen (secondary N) is 1. The van der Waals surface area contributed by atoms with E-state index in [0.717, 1.165) is 34.7 Å². The van der Waals surface area contributed by atoms with E-state index < -0.39 is 5.41 Å². The van der Waals surface area contributed by atoms with Crippen molar-refractivity contribution in [1.82, 2.24) is 0 Å². The maximum atomic E-state index is 13.4. The minimum absolute atomic E-state index is 0.000890. The third-order valence-corrected chi connectivity index (χ3v) is 5.76. The molecule has 1 fully saturated rings. The van der Waals surface area contributed by atoms with Gasteiger partial charge in [-0.2, -0.15) is 0 Å². The van der Waals surface area contributed by atoms with Crippen LogP contribution in [0.15, 0.2) is 42.5 Å². The fourth-order valence-electron chi connectivity index (χ4n) is 3.69. The Morgan fingerprint density at radius 3 is 2.45 bits per heavy atom. The molecule has 1 aliphatic heterocycles. The van der Waals surface area contributed by atoms with E-state index in [4.69, 9.17) is 14.2 Å². The summed E-state index contributed by atoms with van der Waals surface area (Å²) in [5, 5.41) is 3.13. The van der Waals surface area contributed by atoms with Gasteiger partial charge in [-0.05, 0) is 74.6 Å². The zero-order valence-corrected chi connectivity index (χ0v) is 17.8. The molecular formula is C24H31NO4. The minimum Gasteiger partial charge on any atom is -0.497 e. The van der Waals surface area contributed by atoms with Gasteiger partial charge in [0.05, 0.1) is 18.6 Å². The van der Waals surface area contributed by atoms with Gasteiger partial charge in [-0.15, -0.1) is 0 Å². The number of anilines is 1. The zero-order valence-electron chi connectivity index (χ0n) is 17.8. The van der Waals surface area contributed by atoms with Crippen LogP contribution in [0.3, 0.4) is 0 Å². The smallest absolute Gasteiger partial charge is 0.235 e. The normalized spacial score (nSPS) is 16.7. The molecule has 1 N–H and O–H groups in total. The first kappa shape index (κ1) is 21.2.